The molecule has 13 rings (SSSR count). The lowest BCUT2D eigenvalue weighted by Crippen LogP contribution is -2.28. The predicted octanol–water partition coefficient (Wildman–Crippen LogP) is 16.8. The van der Waals surface area contributed by atoms with Crippen LogP contribution in [0.3, 0.4) is 0 Å². The molecule has 0 fully saturated rings. The van der Waals surface area contributed by atoms with Crippen LogP contribution in [0.2, 0.25) is 0 Å². The third-order valence-corrected chi connectivity index (χ3v) is 14.8. The minimum absolute atomic E-state index is 0.346. The topological polar surface area (TPSA) is 3.24 Å². The van der Waals surface area contributed by atoms with Crippen molar-refractivity contribution in [3.8, 4) is 33.4 Å². The van der Waals surface area contributed by atoms with Crippen LogP contribution in [0.15, 0.2) is 255 Å². The van der Waals surface area contributed by atoms with Crippen molar-refractivity contribution < 1.29 is 0 Å². The first kappa shape index (κ1) is 38.2. The van der Waals surface area contributed by atoms with Crippen LogP contribution >= 0.6 is 0 Å². The normalized spacial score (nSPS) is 15.2. The lowest BCUT2D eigenvalue weighted by molar-refractivity contribution is 0.714. The fourth-order valence-corrected chi connectivity index (χ4v) is 11.8. The van der Waals surface area contributed by atoms with Crippen molar-refractivity contribution in [2.24, 2.45) is 0 Å². The molecule has 1 unspecified atom stereocenters. The summed E-state index contributed by atoms with van der Waals surface area (Å²) in [6.45, 7) is 2.41. The Balaban J connectivity index is 1.04. The summed E-state index contributed by atoms with van der Waals surface area (Å²) in [7, 11) is 0. The Morgan fingerprint density at radius 1 is 0.318 bits per heavy atom. The van der Waals surface area contributed by atoms with E-state index in [1.54, 1.807) is 0 Å². The Hall–Kier alpha value is -8.26. The maximum absolute atomic E-state index is 2.52. The van der Waals surface area contributed by atoms with Gasteiger partial charge in [-0.15, -0.1) is 0 Å². The number of hydrogen-bond donors (Lipinski definition) is 0. The molecule has 0 amide bonds. The van der Waals surface area contributed by atoms with Gasteiger partial charge in [-0.1, -0.05) is 218 Å². The minimum atomic E-state index is -0.521. The lowest BCUT2D eigenvalue weighted by Gasteiger charge is -2.34. The first-order valence-corrected chi connectivity index (χ1v) is 23.1. The smallest absolute Gasteiger partial charge is 0.0714 e. The molecular weight excluding hydrogens is 795 g/mol. The van der Waals surface area contributed by atoms with E-state index in [2.05, 4.69) is 267 Å². The summed E-state index contributed by atoms with van der Waals surface area (Å²) in [5.74, 6) is 0. The fourth-order valence-electron chi connectivity index (χ4n) is 11.8. The molecule has 0 radical (unpaired) electrons. The minimum Gasteiger partial charge on any atom is -0.310 e. The summed E-state index contributed by atoms with van der Waals surface area (Å²) in [6, 6.07) is 94.8. The highest BCUT2D eigenvalue weighted by Gasteiger charge is 2.47. The Bertz CT molecular complexity index is 3610. The molecular formula is C65H45N. The van der Waals surface area contributed by atoms with Gasteiger partial charge in [-0.2, -0.15) is 0 Å². The molecule has 1 atom stereocenters. The molecule has 310 valence electrons. The maximum Gasteiger partial charge on any atom is 0.0714 e. The summed E-state index contributed by atoms with van der Waals surface area (Å²) in [6.07, 6.45) is 0. The van der Waals surface area contributed by atoms with Gasteiger partial charge in [-0.25, -0.2) is 0 Å². The van der Waals surface area contributed by atoms with Crippen LogP contribution in [0, 0.1) is 0 Å². The standard InChI is InChI=1S/C65H45N/c1-64(48-19-5-2-6-20-48)58-28-15-13-26-55(58)56-41-39-52(43-61(56)64)66(51-37-34-44(35-38-51)46-36-40-54-47(42-46)33-32-45-18-11-12-25-53(45)54)62-31-17-30-60-63(62)57-27-14-16-29-59(57)65(60,49-21-7-3-8-22-49)50-23-9-4-10-24-50/h2-43H,1H3. The molecule has 11 aromatic carbocycles. The highest BCUT2D eigenvalue weighted by Crippen LogP contribution is 2.60. The summed E-state index contributed by atoms with van der Waals surface area (Å²) in [5, 5.41) is 5.08. The first-order chi connectivity index (χ1) is 32.6. The zero-order valence-electron chi connectivity index (χ0n) is 36.7. The van der Waals surface area contributed by atoms with E-state index in [-0.39, 0.29) is 5.41 Å². The van der Waals surface area contributed by atoms with E-state index >= 15 is 0 Å². The maximum atomic E-state index is 2.52. The van der Waals surface area contributed by atoms with Crippen LogP contribution in [0.4, 0.5) is 17.1 Å². The van der Waals surface area contributed by atoms with Crippen LogP contribution in [0.5, 0.6) is 0 Å². The molecule has 1 heteroatoms. The molecule has 0 aromatic heterocycles. The van der Waals surface area contributed by atoms with Crippen molar-refractivity contribution in [3.05, 3.63) is 294 Å². The molecule has 2 aliphatic rings. The highest BCUT2D eigenvalue weighted by molar-refractivity contribution is 6.08. The number of hydrogen-bond acceptors (Lipinski definition) is 1. The molecule has 2 aliphatic carbocycles. The van der Waals surface area contributed by atoms with Crippen molar-refractivity contribution in [1.82, 2.24) is 0 Å². The zero-order valence-corrected chi connectivity index (χ0v) is 36.7. The SMILES string of the molecule is CC1(c2ccccc2)c2ccccc2-c2ccc(N(c3ccc(-c4ccc5c(ccc6ccccc65)c4)cc3)c3cccc4c3-c3ccccc3C4(c3ccccc3)c3ccccc3)cc21. The van der Waals surface area contributed by atoms with Crippen LogP contribution in [0.25, 0.3) is 54.9 Å². The second-order valence-corrected chi connectivity index (χ2v) is 18.1. The molecule has 0 bridgehead atoms. The number of benzene rings is 11. The molecule has 0 saturated heterocycles. The summed E-state index contributed by atoms with van der Waals surface area (Å²) in [4.78, 5) is 2.52. The second-order valence-electron chi connectivity index (χ2n) is 18.1. The van der Waals surface area contributed by atoms with E-state index in [0.717, 1.165) is 17.1 Å². The third kappa shape index (κ3) is 5.53. The number of fused-ring (bicyclic) bond motifs is 9. The van der Waals surface area contributed by atoms with Gasteiger partial charge in [0.2, 0.25) is 0 Å². The van der Waals surface area contributed by atoms with Gasteiger partial charge in [0.15, 0.2) is 0 Å². The van der Waals surface area contributed by atoms with Crippen LogP contribution in [0.1, 0.15) is 45.9 Å². The van der Waals surface area contributed by atoms with Gasteiger partial charge in [0.25, 0.3) is 0 Å². The molecule has 0 N–H and O–H groups in total. The van der Waals surface area contributed by atoms with E-state index in [0.29, 0.717) is 0 Å². The van der Waals surface area contributed by atoms with E-state index in [9.17, 15) is 0 Å². The lowest BCUT2D eigenvalue weighted by atomic mass is 9.68. The molecule has 0 saturated carbocycles. The largest absolute Gasteiger partial charge is 0.310 e. The Morgan fingerprint density at radius 2 is 0.864 bits per heavy atom. The van der Waals surface area contributed by atoms with Crippen molar-refractivity contribution in [1.29, 1.82) is 0 Å². The number of nitrogens with zero attached hydrogens (tertiary/aromatic N) is 1. The molecule has 0 heterocycles. The van der Waals surface area contributed by atoms with Crippen molar-refractivity contribution >= 4 is 38.6 Å². The molecule has 11 aromatic rings. The average Bonchev–Trinajstić information content (AvgIpc) is 3.84. The van der Waals surface area contributed by atoms with Crippen molar-refractivity contribution in [3.63, 3.8) is 0 Å². The van der Waals surface area contributed by atoms with E-state index in [1.165, 1.54) is 93.9 Å². The van der Waals surface area contributed by atoms with Gasteiger partial charge in [0, 0.05) is 22.4 Å². The first-order valence-electron chi connectivity index (χ1n) is 23.1. The molecule has 66 heavy (non-hydrogen) atoms. The van der Waals surface area contributed by atoms with Gasteiger partial charge < -0.3 is 4.90 Å². The molecule has 1 nitrogen and oxygen atoms in total. The number of rotatable bonds is 7. The number of anilines is 3. The Morgan fingerprint density at radius 3 is 1.61 bits per heavy atom. The van der Waals surface area contributed by atoms with Crippen LogP contribution in [-0.4, -0.2) is 0 Å². The summed E-state index contributed by atoms with van der Waals surface area (Å²) in [5.41, 5.74) is 19.0. The Kier molecular flexibility index (Phi) is 8.63. The monoisotopic (exact) mass is 839 g/mol. The van der Waals surface area contributed by atoms with Gasteiger partial charge >= 0.3 is 0 Å². The summed E-state index contributed by atoms with van der Waals surface area (Å²) < 4.78 is 0. The predicted molar refractivity (Wildman–Crippen MR) is 276 cm³/mol. The van der Waals surface area contributed by atoms with Gasteiger partial charge in [-0.05, 0) is 132 Å². The van der Waals surface area contributed by atoms with E-state index in [1.807, 2.05) is 0 Å². The second kappa shape index (κ2) is 14.9. The molecule has 0 spiro atoms. The Labute approximate surface area is 386 Å². The van der Waals surface area contributed by atoms with Crippen molar-refractivity contribution in [2.45, 2.75) is 17.8 Å². The van der Waals surface area contributed by atoms with Crippen LogP contribution in [-0.2, 0) is 10.8 Å². The van der Waals surface area contributed by atoms with E-state index < -0.39 is 5.41 Å². The van der Waals surface area contributed by atoms with Gasteiger partial charge in [0.05, 0.1) is 11.1 Å². The van der Waals surface area contributed by atoms with Gasteiger partial charge in [0.1, 0.15) is 0 Å². The highest BCUT2D eigenvalue weighted by atomic mass is 15.1. The van der Waals surface area contributed by atoms with Gasteiger partial charge in [-0.3, -0.25) is 0 Å². The quantitative estimate of drug-likeness (QED) is 0.145. The molecule has 0 aliphatic heterocycles. The third-order valence-electron chi connectivity index (χ3n) is 14.8. The average molecular weight is 840 g/mol. The zero-order chi connectivity index (χ0) is 43.8. The van der Waals surface area contributed by atoms with Crippen molar-refractivity contribution in [2.75, 3.05) is 4.90 Å². The van der Waals surface area contributed by atoms with Crippen LogP contribution < -0.4 is 4.90 Å². The fraction of sp³-hybridized carbons (Fsp3) is 0.0462. The van der Waals surface area contributed by atoms with E-state index in [4.69, 9.17) is 0 Å². The summed E-state index contributed by atoms with van der Waals surface area (Å²) >= 11 is 0.